The number of rotatable bonds is 7. The predicted octanol–water partition coefficient (Wildman–Crippen LogP) is 3.81. The molecule has 0 aliphatic carbocycles. The van der Waals surface area contributed by atoms with E-state index in [4.69, 9.17) is 0 Å². The molecule has 0 atom stereocenters. The minimum Gasteiger partial charge on any atom is -0.378 e. The summed E-state index contributed by atoms with van der Waals surface area (Å²) in [7, 11) is 4.06. The first-order valence-electron chi connectivity index (χ1n) is 7.72. The van der Waals surface area contributed by atoms with Crippen LogP contribution < -0.4 is 15.5 Å². The third-order valence-corrected chi connectivity index (χ3v) is 3.32. The summed E-state index contributed by atoms with van der Waals surface area (Å²) in [5, 5.41) is 6.60. The van der Waals surface area contributed by atoms with Crippen LogP contribution in [0.2, 0.25) is 0 Å². The van der Waals surface area contributed by atoms with Crippen molar-refractivity contribution in [2.24, 2.45) is 0 Å². The average Bonchev–Trinajstić information content (AvgIpc) is 2.47. The molecule has 0 fully saturated rings. The molecule has 1 aromatic carbocycles. The maximum Gasteiger partial charge on any atom is 0.224 e. The highest BCUT2D eigenvalue weighted by Gasteiger charge is 2.03. The number of hydrogen-bond donors (Lipinski definition) is 2. The summed E-state index contributed by atoms with van der Waals surface area (Å²) in [5.41, 5.74) is 3.14. The maximum atomic E-state index is 4.51. The van der Waals surface area contributed by atoms with Crippen LogP contribution in [0.3, 0.4) is 0 Å². The Bertz CT molecular complexity index is 592. The zero-order chi connectivity index (χ0) is 15.9. The Balaban J connectivity index is 2.08. The number of aryl methyl sites for hydroxylation is 1. The lowest BCUT2D eigenvalue weighted by Gasteiger charge is -2.13. The molecule has 0 saturated carbocycles. The summed E-state index contributed by atoms with van der Waals surface area (Å²) in [6.07, 6.45) is 2.27. The van der Waals surface area contributed by atoms with Crippen LogP contribution in [0.5, 0.6) is 0 Å². The summed E-state index contributed by atoms with van der Waals surface area (Å²) in [5.74, 6) is 1.49. The van der Waals surface area contributed by atoms with Gasteiger partial charge in [-0.3, -0.25) is 0 Å². The van der Waals surface area contributed by atoms with Crippen molar-refractivity contribution >= 4 is 23.1 Å². The van der Waals surface area contributed by atoms with Gasteiger partial charge in [-0.2, -0.15) is 4.98 Å². The minimum absolute atomic E-state index is 0.681. The zero-order valence-electron chi connectivity index (χ0n) is 13.8. The second-order valence-electron chi connectivity index (χ2n) is 5.56. The van der Waals surface area contributed by atoms with E-state index < -0.39 is 0 Å². The van der Waals surface area contributed by atoms with Gasteiger partial charge in [0.2, 0.25) is 5.95 Å². The Morgan fingerprint density at radius 3 is 2.45 bits per heavy atom. The van der Waals surface area contributed by atoms with Gasteiger partial charge in [-0.15, -0.1) is 0 Å². The number of nitrogens with one attached hydrogen (secondary N) is 2. The van der Waals surface area contributed by atoms with Crippen molar-refractivity contribution < 1.29 is 0 Å². The number of anilines is 4. The van der Waals surface area contributed by atoms with Gasteiger partial charge in [-0.1, -0.05) is 13.3 Å². The van der Waals surface area contributed by atoms with Gasteiger partial charge in [0.1, 0.15) is 5.82 Å². The minimum atomic E-state index is 0.681. The first kappa shape index (κ1) is 16.1. The molecule has 2 aromatic rings. The molecule has 0 bridgehead atoms. The summed E-state index contributed by atoms with van der Waals surface area (Å²) >= 11 is 0. The first-order valence-corrected chi connectivity index (χ1v) is 7.72. The second-order valence-corrected chi connectivity index (χ2v) is 5.56. The summed E-state index contributed by atoms with van der Waals surface area (Å²) in [4.78, 5) is 11.0. The molecule has 0 spiro atoms. The van der Waals surface area contributed by atoms with E-state index in [2.05, 4.69) is 56.7 Å². The average molecular weight is 299 g/mol. The Hall–Kier alpha value is -2.30. The highest BCUT2D eigenvalue weighted by Crippen LogP contribution is 2.20. The smallest absolute Gasteiger partial charge is 0.224 e. The largest absolute Gasteiger partial charge is 0.378 e. The van der Waals surface area contributed by atoms with E-state index >= 15 is 0 Å². The molecule has 5 nitrogen and oxygen atoms in total. The molecule has 1 aromatic heterocycles. The maximum absolute atomic E-state index is 4.51. The lowest BCUT2D eigenvalue weighted by atomic mass is 10.2. The molecular weight excluding hydrogens is 274 g/mol. The van der Waals surface area contributed by atoms with E-state index in [0.717, 1.165) is 36.6 Å². The molecule has 0 amide bonds. The van der Waals surface area contributed by atoms with Gasteiger partial charge in [0.25, 0.3) is 0 Å². The molecule has 118 valence electrons. The fourth-order valence-electron chi connectivity index (χ4n) is 2.08. The quantitative estimate of drug-likeness (QED) is 0.761. The molecule has 22 heavy (non-hydrogen) atoms. The van der Waals surface area contributed by atoms with Crippen molar-refractivity contribution in [3.8, 4) is 0 Å². The SMILES string of the molecule is CCCCNc1nc(C)cc(Nc2ccc(N(C)C)cc2)n1. The van der Waals surface area contributed by atoms with Gasteiger partial charge in [0, 0.05) is 43.8 Å². The number of aromatic nitrogens is 2. The molecule has 1 heterocycles. The number of hydrogen-bond acceptors (Lipinski definition) is 5. The van der Waals surface area contributed by atoms with Gasteiger partial charge >= 0.3 is 0 Å². The van der Waals surface area contributed by atoms with Crippen LogP contribution in [0.4, 0.5) is 23.1 Å². The van der Waals surface area contributed by atoms with Gasteiger partial charge in [0.15, 0.2) is 0 Å². The van der Waals surface area contributed by atoms with E-state index in [1.807, 2.05) is 27.1 Å². The molecule has 0 unspecified atom stereocenters. The highest BCUT2D eigenvalue weighted by atomic mass is 15.1. The fourth-order valence-corrected chi connectivity index (χ4v) is 2.08. The van der Waals surface area contributed by atoms with Crippen LogP contribution in [0.1, 0.15) is 25.5 Å². The Kier molecular flexibility index (Phi) is 5.58. The topological polar surface area (TPSA) is 53.1 Å². The van der Waals surface area contributed by atoms with Crippen LogP contribution in [0, 0.1) is 6.92 Å². The van der Waals surface area contributed by atoms with Crippen LogP contribution in [0.15, 0.2) is 30.3 Å². The molecule has 0 aliphatic rings. The molecular formula is C17H25N5. The molecule has 2 rings (SSSR count). The Morgan fingerprint density at radius 1 is 1.09 bits per heavy atom. The molecule has 0 saturated heterocycles. The Labute approximate surface area is 132 Å². The van der Waals surface area contributed by atoms with E-state index in [1.165, 1.54) is 5.69 Å². The van der Waals surface area contributed by atoms with Crippen molar-refractivity contribution in [2.75, 3.05) is 36.2 Å². The third kappa shape index (κ3) is 4.62. The van der Waals surface area contributed by atoms with Crippen LogP contribution >= 0.6 is 0 Å². The molecule has 2 N–H and O–H groups in total. The normalized spacial score (nSPS) is 10.4. The summed E-state index contributed by atoms with van der Waals surface area (Å²) < 4.78 is 0. The van der Waals surface area contributed by atoms with Gasteiger partial charge in [-0.05, 0) is 37.6 Å². The van der Waals surface area contributed by atoms with Gasteiger partial charge in [0.05, 0.1) is 0 Å². The van der Waals surface area contributed by atoms with Crippen LogP contribution in [-0.2, 0) is 0 Å². The first-order chi connectivity index (χ1) is 10.6. The molecule has 5 heteroatoms. The van der Waals surface area contributed by atoms with Crippen molar-refractivity contribution in [3.63, 3.8) is 0 Å². The zero-order valence-corrected chi connectivity index (χ0v) is 13.8. The van der Waals surface area contributed by atoms with Crippen molar-refractivity contribution in [1.29, 1.82) is 0 Å². The van der Waals surface area contributed by atoms with Crippen molar-refractivity contribution in [3.05, 3.63) is 36.0 Å². The fraction of sp³-hybridized carbons (Fsp3) is 0.412. The predicted molar refractivity (Wildman–Crippen MR) is 94.2 cm³/mol. The Morgan fingerprint density at radius 2 is 1.82 bits per heavy atom. The number of benzene rings is 1. The van der Waals surface area contributed by atoms with Crippen LogP contribution in [0.25, 0.3) is 0 Å². The van der Waals surface area contributed by atoms with Crippen LogP contribution in [-0.4, -0.2) is 30.6 Å². The van der Waals surface area contributed by atoms with Crippen molar-refractivity contribution in [1.82, 2.24) is 9.97 Å². The highest BCUT2D eigenvalue weighted by molar-refractivity contribution is 5.61. The summed E-state index contributed by atoms with van der Waals surface area (Å²) in [6.45, 7) is 5.05. The lowest BCUT2D eigenvalue weighted by molar-refractivity contribution is 0.825. The van der Waals surface area contributed by atoms with Crippen molar-refractivity contribution in [2.45, 2.75) is 26.7 Å². The van der Waals surface area contributed by atoms with E-state index in [-0.39, 0.29) is 0 Å². The lowest BCUT2D eigenvalue weighted by Crippen LogP contribution is -2.08. The van der Waals surface area contributed by atoms with E-state index in [0.29, 0.717) is 5.95 Å². The molecule has 0 aliphatic heterocycles. The number of nitrogens with zero attached hydrogens (tertiary/aromatic N) is 3. The van der Waals surface area contributed by atoms with E-state index in [9.17, 15) is 0 Å². The van der Waals surface area contributed by atoms with Gasteiger partial charge in [-0.25, -0.2) is 4.98 Å². The van der Waals surface area contributed by atoms with E-state index in [1.54, 1.807) is 0 Å². The summed E-state index contributed by atoms with van der Waals surface area (Å²) in [6, 6.07) is 10.2. The second kappa shape index (κ2) is 7.64. The van der Waals surface area contributed by atoms with Gasteiger partial charge < -0.3 is 15.5 Å². The monoisotopic (exact) mass is 299 g/mol. The third-order valence-electron chi connectivity index (χ3n) is 3.32. The standard InChI is InChI=1S/C17H25N5/c1-5-6-11-18-17-19-13(2)12-16(21-17)20-14-7-9-15(10-8-14)22(3)4/h7-10,12H,5-6,11H2,1-4H3,(H2,18,19,20,21). The number of unbranched alkanes of at least 4 members (excludes halogenated alkanes) is 1. The molecule has 0 radical (unpaired) electrons.